The minimum absolute atomic E-state index is 0.177. The van der Waals surface area contributed by atoms with Gasteiger partial charge in [-0.3, -0.25) is 0 Å². The van der Waals surface area contributed by atoms with Gasteiger partial charge in [-0.1, -0.05) is 36.8 Å². The number of benzene rings is 1. The van der Waals surface area contributed by atoms with Gasteiger partial charge >= 0.3 is 0 Å². The molecule has 2 N–H and O–H groups in total. The van der Waals surface area contributed by atoms with Crippen molar-refractivity contribution in [3.05, 3.63) is 35.9 Å². The van der Waals surface area contributed by atoms with Crippen LogP contribution in [0.2, 0.25) is 0 Å². The van der Waals surface area contributed by atoms with Crippen LogP contribution < -0.4 is 5.73 Å². The highest BCUT2D eigenvalue weighted by Gasteiger charge is 2.43. The molecule has 0 bridgehead atoms. The lowest BCUT2D eigenvalue weighted by Gasteiger charge is -2.46. The average molecular weight is 213 g/mol. The van der Waals surface area contributed by atoms with Crippen molar-refractivity contribution in [3.8, 4) is 11.8 Å². The van der Waals surface area contributed by atoms with E-state index in [4.69, 9.17) is 5.73 Å². The van der Waals surface area contributed by atoms with Gasteiger partial charge in [0, 0.05) is 17.9 Å². The van der Waals surface area contributed by atoms with Crippen molar-refractivity contribution < 1.29 is 0 Å². The topological polar surface area (TPSA) is 26.0 Å². The zero-order chi connectivity index (χ0) is 11.4. The molecule has 0 heterocycles. The predicted molar refractivity (Wildman–Crippen MR) is 68.0 cm³/mol. The van der Waals surface area contributed by atoms with Gasteiger partial charge in [0.05, 0.1) is 0 Å². The van der Waals surface area contributed by atoms with Crippen LogP contribution in [-0.2, 0) is 5.41 Å². The molecule has 1 fully saturated rings. The largest absolute Gasteiger partial charge is 0.326 e. The third-order valence-electron chi connectivity index (χ3n) is 3.80. The van der Waals surface area contributed by atoms with Gasteiger partial charge in [0.2, 0.25) is 0 Å². The summed E-state index contributed by atoms with van der Waals surface area (Å²) in [5, 5.41) is 0. The molecule has 1 heteroatoms. The molecule has 16 heavy (non-hydrogen) atoms. The molecule has 0 aromatic heterocycles. The highest BCUT2D eigenvalue weighted by Crippen LogP contribution is 2.46. The molecule has 0 saturated heterocycles. The van der Waals surface area contributed by atoms with E-state index in [-0.39, 0.29) is 11.5 Å². The first kappa shape index (κ1) is 11.2. The zero-order valence-electron chi connectivity index (χ0n) is 9.87. The van der Waals surface area contributed by atoms with Crippen LogP contribution >= 0.6 is 0 Å². The van der Waals surface area contributed by atoms with Gasteiger partial charge in [0.15, 0.2) is 0 Å². The second-order valence-corrected chi connectivity index (χ2v) is 4.61. The van der Waals surface area contributed by atoms with E-state index < -0.39 is 0 Å². The molecule has 2 rings (SSSR count). The van der Waals surface area contributed by atoms with Crippen LogP contribution in [-0.4, -0.2) is 6.04 Å². The number of hydrogen-bond donors (Lipinski definition) is 1. The molecule has 1 aromatic rings. The summed E-state index contributed by atoms with van der Waals surface area (Å²) in [6, 6.07) is 10.9. The maximum absolute atomic E-state index is 6.33. The summed E-state index contributed by atoms with van der Waals surface area (Å²) in [4.78, 5) is 0. The first-order valence-electron chi connectivity index (χ1n) is 6.00. The Morgan fingerprint density at radius 3 is 2.50 bits per heavy atom. The van der Waals surface area contributed by atoms with Gasteiger partial charge in [-0.15, -0.1) is 11.8 Å². The number of nitrogens with two attached hydrogens (primary N) is 1. The first-order valence-corrected chi connectivity index (χ1v) is 6.00. The molecule has 0 amide bonds. The van der Waals surface area contributed by atoms with Crippen molar-refractivity contribution in [1.29, 1.82) is 0 Å². The fraction of sp³-hybridized carbons (Fsp3) is 0.467. The van der Waals surface area contributed by atoms with Gasteiger partial charge < -0.3 is 5.73 Å². The fourth-order valence-electron chi connectivity index (χ4n) is 2.61. The number of hydrogen-bond acceptors (Lipinski definition) is 1. The van der Waals surface area contributed by atoms with Crippen LogP contribution in [0.15, 0.2) is 30.3 Å². The molecular formula is C15H19N. The van der Waals surface area contributed by atoms with E-state index >= 15 is 0 Å². The number of rotatable bonds is 3. The fourth-order valence-corrected chi connectivity index (χ4v) is 2.61. The van der Waals surface area contributed by atoms with Gasteiger partial charge in [-0.05, 0) is 25.3 Å². The van der Waals surface area contributed by atoms with Crippen molar-refractivity contribution >= 4 is 0 Å². The maximum atomic E-state index is 6.33. The second-order valence-electron chi connectivity index (χ2n) is 4.61. The van der Waals surface area contributed by atoms with E-state index in [1.807, 2.05) is 6.92 Å². The smallest absolute Gasteiger partial charge is 0.0249 e. The lowest BCUT2D eigenvalue weighted by molar-refractivity contribution is 0.197. The van der Waals surface area contributed by atoms with Crippen molar-refractivity contribution in [2.45, 2.75) is 44.1 Å². The van der Waals surface area contributed by atoms with E-state index in [1.54, 1.807) is 0 Å². The highest BCUT2D eigenvalue weighted by molar-refractivity contribution is 5.31. The molecule has 1 aliphatic rings. The summed E-state index contributed by atoms with van der Waals surface area (Å²) < 4.78 is 0. The maximum Gasteiger partial charge on any atom is 0.0249 e. The third-order valence-corrected chi connectivity index (χ3v) is 3.80. The van der Waals surface area contributed by atoms with E-state index in [1.165, 1.54) is 24.8 Å². The zero-order valence-corrected chi connectivity index (χ0v) is 9.87. The molecule has 1 unspecified atom stereocenters. The van der Waals surface area contributed by atoms with Crippen LogP contribution in [0.4, 0.5) is 0 Å². The highest BCUT2D eigenvalue weighted by atomic mass is 14.7. The molecule has 0 spiro atoms. The minimum atomic E-state index is 0.177. The summed E-state index contributed by atoms with van der Waals surface area (Å²) in [6.45, 7) is 1.88. The SMILES string of the molecule is CC#CCC(N)C1(c2ccccc2)CCC1. The van der Waals surface area contributed by atoms with Crippen molar-refractivity contribution in [2.24, 2.45) is 5.73 Å². The van der Waals surface area contributed by atoms with E-state index in [9.17, 15) is 0 Å². The Balaban J connectivity index is 2.21. The molecule has 1 aliphatic carbocycles. The molecule has 1 aromatic carbocycles. The summed E-state index contributed by atoms with van der Waals surface area (Å²) in [5.74, 6) is 6.06. The Labute approximate surface area is 98.0 Å². The second kappa shape index (κ2) is 4.72. The Bertz CT molecular complexity index is 392. The van der Waals surface area contributed by atoms with Gasteiger partial charge in [-0.2, -0.15) is 0 Å². The average Bonchev–Trinajstić information content (AvgIpc) is 2.26. The van der Waals surface area contributed by atoms with Crippen LogP contribution in [0, 0.1) is 11.8 Å². The van der Waals surface area contributed by atoms with Crippen LogP contribution in [0.25, 0.3) is 0 Å². The summed E-state index contributed by atoms with van der Waals surface area (Å²) in [6.07, 6.45) is 4.53. The summed E-state index contributed by atoms with van der Waals surface area (Å²) in [7, 11) is 0. The Kier molecular flexibility index (Phi) is 3.31. The van der Waals surface area contributed by atoms with Crippen LogP contribution in [0.1, 0.15) is 38.2 Å². The molecular weight excluding hydrogens is 194 g/mol. The lowest BCUT2D eigenvalue weighted by Crippen LogP contribution is -2.50. The standard InChI is InChI=1S/C15H19N/c1-2-3-10-14(16)15(11-7-12-15)13-8-5-4-6-9-13/h4-6,8-9,14H,7,10-12,16H2,1H3. The first-order chi connectivity index (χ1) is 7.79. The molecule has 1 nitrogen and oxygen atoms in total. The van der Waals surface area contributed by atoms with E-state index in [2.05, 4.69) is 42.2 Å². The molecule has 1 saturated carbocycles. The summed E-state index contributed by atoms with van der Waals surface area (Å²) in [5.41, 5.74) is 7.92. The van der Waals surface area contributed by atoms with Crippen LogP contribution in [0.5, 0.6) is 0 Å². The molecule has 0 aliphatic heterocycles. The molecule has 84 valence electrons. The minimum Gasteiger partial charge on any atom is -0.326 e. The molecule has 0 radical (unpaired) electrons. The third kappa shape index (κ3) is 1.86. The Morgan fingerprint density at radius 2 is 2.00 bits per heavy atom. The monoisotopic (exact) mass is 213 g/mol. The summed E-state index contributed by atoms with van der Waals surface area (Å²) >= 11 is 0. The predicted octanol–water partition coefficient (Wildman–Crippen LogP) is 2.85. The normalized spacial score (nSPS) is 19.1. The van der Waals surface area contributed by atoms with Gasteiger partial charge in [-0.25, -0.2) is 0 Å². The quantitative estimate of drug-likeness (QED) is 0.768. The van der Waals surface area contributed by atoms with Gasteiger partial charge in [0.1, 0.15) is 0 Å². The van der Waals surface area contributed by atoms with Gasteiger partial charge in [0.25, 0.3) is 0 Å². The van der Waals surface area contributed by atoms with Crippen LogP contribution in [0.3, 0.4) is 0 Å². The van der Waals surface area contributed by atoms with Crippen molar-refractivity contribution in [1.82, 2.24) is 0 Å². The van der Waals surface area contributed by atoms with E-state index in [0.717, 1.165) is 6.42 Å². The molecule has 1 atom stereocenters. The lowest BCUT2D eigenvalue weighted by atomic mass is 9.60. The van der Waals surface area contributed by atoms with Crippen molar-refractivity contribution in [3.63, 3.8) is 0 Å². The Hall–Kier alpha value is -1.26. The van der Waals surface area contributed by atoms with Crippen molar-refractivity contribution in [2.75, 3.05) is 0 Å². The Morgan fingerprint density at radius 1 is 1.31 bits per heavy atom. The van der Waals surface area contributed by atoms with E-state index in [0.29, 0.717) is 0 Å².